The molecule has 0 aromatic carbocycles. The first-order valence-corrected chi connectivity index (χ1v) is 12.2. The van der Waals surface area contributed by atoms with Crippen LogP contribution < -0.4 is 0 Å². The second-order valence-corrected chi connectivity index (χ2v) is 9.57. The fourth-order valence-corrected chi connectivity index (χ4v) is 5.75. The molecule has 0 aromatic heterocycles. The first-order chi connectivity index (χ1) is 8.41. The van der Waals surface area contributed by atoms with Crippen LogP contribution in [0.4, 0.5) is 0 Å². The van der Waals surface area contributed by atoms with Crippen LogP contribution in [0.5, 0.6) is 0 Å². The fourth-order valence-electron chi connectivity index (χ4n) is 2.19. The molecule has 0 aliphatic carbocycles. The molecule has 0 heterocycles. The van der Waals surface area contributed by atoms with Gasteiger partial charge in [0.15, 0.2) is 0 Å². The Labute approximate surface area is 132 Å². The second kappa shape index (κ2) is 23.8. The van der Waals surface area contributed by atoms with Gasteiger partial charge in [0.05, 0.1) is 0 Å². The predicted molar refractivity (Wildman–Crippen MR) is 89.3 cm³/mol. The van der Waals surface area contributed by atoms with Crippen LogP contribution >= 0.6 is 0 Å². The molecule has 0 aliphatic heterocycles. The Morgan fingerprint density at radius 1 is 0.474 bits per heavy atom. The summed E-state index contributed by atoms with van der Waals surface area (Å²) in [6.45, 7) is 4.60. The maximum absolute atomic E-state index is 2.30. The van der Waals surface area contributed by atoms with Crippen LogP contribution in [0.2, 0.25) is 8.87 Å². The van der Waals surface area contributed by atoms with Gasteiger partial charge in [-0.25, -0.2) is 0 Å². The van der Waals surface area contributed by atoms with E-state index in [4.69, 9.17) is 0 Å². The van der Waals surface area contributed by atoms with Gasteiger partial charge in [-0.05, 0) is 0 Å². The summed E-state index contributed by atoms with van der Waals surface area (Å²) < 4.78 is 3.31. The van der Waals surface area contributed by atoms with Crippen LogP contribution in [-0.4, -0.2) is 32.1 Å². The molecule has 0 aromatic rings. The predicted octanol–water partition coefficient (Wildman–Crippen LogP) is 4.60. The van der Waals surface area contributed by atoms with Crippen molar-refractivity contribution in [2.45, 2.75) is 99.8 Å². The Hall–Kier alpha value is 0.719. The third kappa shape index (κ3) is 24.2. The summed E-state index contributed by atoms with van der Waals surface area (Å²) in [6.07, 6.45) is 17.8. The molecule has 2 radical (unpaired) electrons. The first-order valence-electron chi connectivity index (χ1n) is 8.12. The molecule has 0 rings (SSSR count). The van der Waals surface area contributed by atoms with Gasteiger partial charge in [-0.2, -0.15) is 0 Å². The molecule has 0 atom stereocenters. The zero-order chi connectivity index (χ0) is 12.6. The van der Waals surface area contributed by atoms with Gasteiger partial charge in [-0.15, -0.1) is 0 Å². The van der Waals surface area contributed by atoms with Crippen molar-refractivity contribution < 1.29 is 11.0 Å². The molecule has 3 heteroatoms. The molecule has 0 unspecified atom stereocenters. The van der Waals surface area contributed by atoms with Crippen molar-refractivity contribution in [1.82, 2.24) is 0 Å². The zero-order valence-corrected chi connectivity index (χ0v) is 16.3. The average molecular weight is 381 g/mol. The van der Waals surface area contributed by atoms with Crippen LogP contribution in [0.1, 0.15) is 90.9 Å². The second-order valence-electron chi connectivity index (χ2n) is 5.29. The quantitative estimate of drug-likeness (QED) is 0.312. The normalized spacial score (nSPS) is 9.79. The van der Waals surface area contributed by atoms with Gasteiger partial charge in [-0.3, -0.25) is 0 Å². The molecule has 0 aliphatic rings. The fraction of sp³-hybridized carbons (Fsp3) is 1.00. The maximum Gasteiger partial charge on any atom is -0.412 e. The summed E-state index contributed by atoms with van der Waals surface area (Å²) >= 11 is 0.0736. The molecule has 0 saturated heterocycles. The number of unbranched alkanes of at least 4 members (excludes halogenated alkanes) is 10. The Balaban J connectivity index is -0.00000128. The van der Waals surface area contributed by atoms with Gasteiger partial charge < -0.3 is 11.0 Å². The standard InChI is InChI=1S/2C8H17.2H2O.Sn/c2*1-3-5-7-8-6-4-2;;;/h2*1,3-8H2,2H3;2*1H2;. The van der Waals surface area contributed by atoms with Crippen molar-refractivity contribution >= 4 is 21.1 Å². The summed E-state index contributed by atoms with van der Waals surface area (Å²) in [6, 6.07) is 0. The minimum Gasteiger partial charge on any atom is -0.412 e. The molecule has 0 spiro atoms. The van der Waals surface area contributed by atoms with Gasteiger partial charge in [0.1, 0.15) is 0 Å². The minimum atomic E-state index is 0. The summed E-state index contributed by atoms with van der Waals surface area (Å²) in [5.41, 5.74) is 0. The van der Waals surface area contributed by atoms with Crippen LogP contribution in [0, 0.1) is 0 Å². The SMILES string of the molecule is CCCCCCC[CH2][Sn][CH2]CCCCCCC.O.O. The Bertz CT molecular complexity index is 118. The molecule has 4 N–H and O–H groups in total. The molecule has 0 bridgehead atoms. The van der Waals surface area contributed by atoms with Crippen LogP contribution in [0.15, 0.2) is 0 Å². The molecular formula is C16H38O2Sn. The number of rotatable bonds is 14. The van der Waals surface area contributed by atoms with Crippen molar-refractivity contribution in [2.75, 3.05) is 0 Å². The van der Waals surface area contributed by atoms with Gasteiger partial charge in [0.25, 0.3) is 0 Å². The Morgan fingerprint density at radius 2 is 0.789 bits per heavy atom. The minimum absolute atomic E-state index is 0. The van der Waals surface area contributed by atoms with Crippen LogP contribution in [0.3, 0.4) is 0 Å². The number of hydrogen-bond donors (Lipinski definition) is 0. The molecule has 2 nitrogen and oxygen atoms in total. The van der Waals surface area contributed by atoms with E-state index in [1.54, 1.807) is 21.7 Å². The van der Waals surface area contributed by atoms with E-state index < -0.39 is 0 Å². The maximum atomic E-state index is 2.30. The van der Waals surface area contributed by atoms with E-state index in [9.17, 15) is 0 Å². The third-order valence-electron chi connectivity index (χ3n) is 3.41. The van der Waals surface area contributed by atoms with Crippen LogP contribution in [0.25, 0.3) is 0 Å². The van der Waals surface area contributed by atoms with Crippen LogP contribution in [-0.2, 0) is 0 Å². The Kier molecular flexibility index (Phi) is 30.9. The monoisotopic (exact) mass is 382 g/mol. The average Bonchev–Trinajstić information content (AvgIpc) is 2.35. The Morgan fingerprint density at radius 3 is 1.16 bits per heavy atom. The molecule has 118 valence electrons. The van der Waals surface area contributed by atoms with Crippen molar-refractivity contribution in [2.24, 2.45) is 0 Å². The van der Waals surface area contributed by atoms with Crippen molar-refractivity contribution in [3.63, 3.8) is 0 Å². The molecular weight excluding hydrogens is 343 g/mol. The largest absolute Gasteiger partial charge is 0.412 e. The van der Waals surface area contributed by atoms with E-state index in [2.05, 4.69) is 13.8 Å². The topological polar surface area (TPSA) is 63.0 Å². The molecule has 0 amide bonds. The van der Waals surface area contributed by atoms with Gasteiger partial charge >= 0.3 is 121 Å². The van der Waals surface area contributed by atoms with Crippen molar-refractivity contribution in [1.29, 1.82) is 0 Å². The van der Waals surface area contributed by atoms with E-state index in [0.29, 0.717) is 0 Å². The van der Waals surface area contributed by atoms with E-state index >= 15 is 0 Å². The summed E-state index contributed by atoms with van der Waals surface area (Å²) in [4.78, 5) is 0. The molecule has 0 fully saturated rings. The first kappa shape index (κ1) is 24.7. The van der Waals surface area contributed by atoms with Crippen molar-refractivity contribution in [3.8, 4) is 0 Å². The van der Waals surface area contributed by atoms with E-state index in [-0.39, 0.29) is 32.1 Å². The van der Waals surface area contributed by atoms with E-state index in [1.807, 2.05) is 0 Å². The van der Waals surface area contributed by atoms with Crippen molar-refractivity contribution in [3.05, 3.63) is 0 Å². The zero-order valence-electron chi connectivity index (χ0n) is 13.4. The van der Waals surface area contributed by atoms with E-state index in [1.165, 1.54) is 64.2 Å². The summed E-state index contributed by atoms with van der Waals surface area (Å²) in [5.74, 6) is 0. The molecule has 19 heavy (non-hydrogen) atoms. The summed E-state index contributed by atoms with van der Waals surface area (Å²) in [5, 5.41) is 0. The summed E-state index contributed by atoms with van der Waals surface area (Å²) in [7, 11) is 0. The van der Waals surface area contributed by atoms with Gasteiger partial charge in [0.2, 0.25) is 0 Å². The smallest absolute Gasteiger partial charge is 0.412 e. The third-order valence-corrected chi connectivity index (χ3v) is 7.45. The number of hydrogen-bond acceptors (Lipinski definition) is 0. The van der Waals surface area contributed by atoms with Gasteiger partial charge in [0, 0.05) is 0 Å². The van der Waals surface area contributed by atoms with Gasteiger partial charge in [-0.1, -0.05) is 0 Å². The molecule has 0 saturated carbocycles. The van der Waals surface area contributed by atoms with E-state index in [0.717, 1.165) is 0 Å².